The molecule has 1 N–H and O–H groups in total. The second-order valence-electron chi connectivity index (χ2n) is 6.93. The molecule has 2 heterocycles. The summed E-state index contributed by atoms with van der Waals surface area (Å²) in [5.41, 5.74) is 0.551. The molecule has 0 bridgehead atoms. The number of piperidine rings is 2. The summed E-state index contributed by atoms with van der Waals surface area (Å²) in [6, 6.07) is 0. The predicted octanol–water partition coefficient (Wildman–Crippen LogP) is 2.09. The van der Waals surface area contributed by atoms with Gasteiger partial charge in [-0.05, 0) is 37.5 Å². The van der Waals surface area contributed by atoms with Gasteiger partial charge in [0, 0.05) is 26.1 Å². The first-order chi connectivity index (χ1) is 9.69. The molecule has 1 atom stereocenters. The fourth-order valence-corrected chi connectivity index (χ4v) is 4.21. The maximum absolute atomic E-state index is 12.5. The van der Waals surface area contributed by atoms with Gasteiger partial charge >= 0.3 is 0 Å². The van der Waals surface area contributed by atoms with E-state index in [4.69, 9.17) is 0 Å². The van der Waals surface area contributed by atoms with E-state index < -0.39 is 0 Å². The molecule has 0 aromatic heterocycles. The van der Waals surface area contributed by atoms with Crippen LogP contribution in [0.5, 0.6) is 0 Å². The minimum absolute atomic E-state index is 0.0214. The Morgan fingerprint density at radius 1 is 1.10 bits per heavy atom. The van der Waals surface area contributed by atoms with Crippen molar-refractivity contribution in [1.82, 2.24) is 10.2 Å². The lowest BCUT2D eigenvalue weighted by atomic mass is 9.68. The van der Waals surface area contributed by atoms with Crippen LogP contribution in [0, 0.1) is 11.3 Å². The molecule has 2 amide bonds. The van der Waals surface area contributed by atoms with Gasteiger partial charge in [-0.15, -0.1) is 0 Å². The van der Waals surface area contributed by atoms with Crippen LogP contribution in [0.4, 0.5) is 0 Å². The zero-order valence-electron chi connectivity index (χ0n) is 12.3. The monoisotopic (exact) mass is 278 g/mol. The number of nitrogens with one attached hydrogen (secondary N) is 1. The summed E-state index contributed by atoms with van der Waals surface area (Å²) >= 11 is 0. The van der Waals surface area contributed by atoms with E-state index in [1.807, 2.05) is 0 Å². The average Bonchev–Trinajstić information content (AvgIpc) is 2.49. The van der Waals surface area contributed by atoms with Gasteiger partial charge in [0.05, 0.1) is 5.92 Å². The molecular formula is C16H26N2O2. The van der Waals surface area contributed by atoms with Crippen LogP contribution in [0.25, 0.3) is 0 Å². The Bertz CT molecular complexity index is 368. The van der Waals surface area contributed by atoms with Crippen molar-refractivity contribution in [2.75, 3.05) is 19.6 Å². The summed E-state index contributed by atoms with van der Waals surface area (Å²) in [4.78, 5) is 25.7. The molecule has 3 rings (SSSR count). The summed E-state index contributed by atoms with van der Waals surface area (Å²) in [6.45, 7) is 2.41. The Morgan fingerprint density at radius 3 is 2.40 bits per heavy atom. The Morgan fingerprint density at radius 2 is 1.80 bits per heavy atom. The van der Waals surface area contributed by atoms with Crippen molar-refractivity contribution in [3.63, 3.8) is 0 Å². The summed E-state index contributed by atoms with van der Waals surface area (Å²) in [7, 11) is 0. The summed E-state index contributed by atoms with van der Waals surface area (Å²) in [5.74, 6) is 0.387. The van der Waals surface area contributed by atoms with E-state index in [9.17, 15) is 9.59 Å². The molecule has 0 aromatic carbocycles. The summed E-state index contributed by atoms with van der Waals surface area (Å²) in [6.07, 6.45) is 10.5. The van der Waals surface area contributed by atoms with Gasteiger partial charge in [0.1, 0.15) is 0 Å². The van der Waals surface area contributed by atoms with Crippen LogP contribution in [0.3, 0.4) is 0 Å². The molecule has 0 radical (unpaired) electrons. The fourth-order valence-electron chi connectivity index (χ4n) is 4.21. The normalized spacial score (nSPS) is 30.1. The fraction of sp³-hybridized carbons (Fsp3) is 0.875. The lowest BCUT2D eigenvalue weighted by Gasteiger charge is -2.45. The minimum atomic E-state index is 0.0214. The Kier molecular flexibility index (Phi) is 3.99. The van der Waals surface area contributed by atoms with Crippen LogP contribution in [-0.2, 0) is 9.59 Å². The Hall–Kier alpha value is -1.06. The molecule has 20 heavy (non-hydrogen) atoms. The lowest BCUT2D eigenvalue weighted by Crippen LogP contribution is -2.49. The largest absolute Gasteiger partial charge is 0.355 e. The molecule has 2 aliphatic heterocycles. The summed E-state index contributed by atoms with van der Waals surface area (Å²) in [5, 5.41) is 2.82. The molecule has 0 aromatic rings. The van der Waals surface area contributed by atoms with Crippen LogP contribution < -0.4 is 5.32 Å². The number of hydrogen-bond acceptors (Lipinski definition) is 2. The average molecular weight is 278 g/mol. The first-order valence-electron chi connectivity index (χ1n) is 8.24. The van der Waals surface area contributed by atoms with Crippen molar-refractivity contribution < 1.29 is 9.59 Å². The maximum Gasteiger partial charge on any atom is 0.227 e. The van der Waals surface area contributed by atoms with Crippen molar-refractivity contribution in [3.05, 3.63) is 0 Å². The first kappa shape index (κ1) is 13.9. The van der Waals surface area contributed by atoms with Crippen LogP contribution in [0.1, 0.15) is 57.8 Å². The highest BCUT2D eigenvalue weighted by molar-refractivity contribution is 5.83. The second kappa shape index (κ2) is 5.74. The highest BCUT2D eigenvalue weighted by Gasteiger charge is 2.38. The number of carbonyl (C=O) groups is 2. The van der Waals surface area contributed by atoms with Gasteiger partial charge in [0.15, 0.2) is 0 Å². The van der Waals surface area contributed by atoms with Crippen molar-refractivity contribution in [2.45, 2.75) is 57.8 Å². The quantitative estimate of drug-likeness (QED) is 0.798. The van der Waals surface area contributed by atoms with E-state index >= 15 is 0 Å². The highest BCUT2D eigenvalue weighted by Crippen LogP contribution is 2.44. The molecule has 1 spiro atoms. The molecule has 3 aliphatic rings. The Labute approximate surface area is 121 Å². The summed E-state index contributed by atoms with van der Waals surface area (Å²) < 4.78 is 0. The molecule has 1 saturated carbocycles. The second-order valence-corrected chi connectivity index (χ2v) is 6.93. The van der Waals surface area contributed by atoms with Crippen LogP contribution in [0.2, 0.25) is 0 Å². The van der Waals surface area contributed by atoms with Gasteiger partial charge in [-0.1, -0.05) is 19.3 Å². The molecular weight excluding hydrogens is 252 g/mol. The van der Waals surface area contributed by atoms with Gasteiger partial charge in [-0.2, -0.15) is 0 Å². The number of hydrogen-bond donors (Lipinski definition) is 1. The number of carbonyl (C=O) groups excluding carboxylic acids is 2. The van der Waals surface area contributed by atoms with Crippen LogP contribution in [0.15, 0.2) is 0 Å². The molecule has 112 valence electrons. The van der Waals surface area contributed by atoms with Gasteiger partial charge in [-0.25, -0.2) is 0 Å². The molecule has 2 saturated heterocycles. The predicted molar refractivity (Wildman–Crippen MR) is 77.1 cm³/mol. The van der Waals surface area contributed by atoms with Crippen molar-refractivity contribution >= 4 is 11.8 Å². The van der Waals surface area contributed by atoms with Gasteiger partial charge in [-0.3, -0.25) is 9.59 Å². The van der Waals surface area contributed by atoms with Crippen molar-refractivity contribution in [3.8, 4) is 0 Å². The van der Waals surface area contributed by atoms with Gasteiger partial charge in [0.2, 0.25) is 11.8 Å². The third-order valence-corrected chi connectivity index (χ3v) is 5.66. The molecule has 1 aliphatic carbocycles. The van der Waals surface area contributed by atoms with Crippen molar-refractivity contribution in [2.24, 2.45) is 11.3 Å². The molecule has 1 unspecified atom stereocenters. The zero-order chi connectivity index (χ0) is 14.0. The number of amides is 2. The van der Waals surface area contributed by atoms with Crippen LogP contribution in [-0.4, -0.2) is 36.3 Å². The lowest BCUT2D eigenvalue weighted by molar-refractivity contribution is -0.140. The van der Waals surface area contributed by atoms with E-state index in [1.165, 1.54) is 44.9 Å². The van der Waals surface area contributed by atoms with E-state index in [0.29, 0.717) is 18.4 Å². The zero-order valence-corrected chi connectivity index (χ0v) is 12.3. The number of nitrogens with zero attached hydrogens (tertiary/aromatic N) is 1. The third-order valence-electron chi connectivity index (χ3n) is 5.66. The van der Waals surface area contributed by atoms with Gasteiger partial charge < -0.3 is 10.2 Å². The van der Waals surface area contributed by atoms with Crippen LogP contribution >= 0.6 is 0 Å². The van der Waals surface area contributed by atoms with E-state index in [2.05, 4.69) is 10.2 Å². The maximum atomic E-state index is 12.5. The third kappa shape index (κ3) is 2.84. The topological polar surface area (TPSA) is 49.4 Å². The number of likely N-dealkylation sites (tertiary alicyclic amines) is 1. The Balaban J connectivity index is 1.52. The van der Waals surface area contributed by atoms with Gasteiger partial charge in [0.25, 0.3) is 0 Å². The smallest absolute Gasteiger partial charge is 0.227 e. The molecule has 4 nitrogen and oxygen atoms in total. The molecule has 4 heteroatoms. The van der Waals surface area contributed by atoms with Crippen molar-refractivity contribution in [1.29, 1.82) is 0 Å². The minimum Gasteiger partial charge on any atom is -0.355 e. The molecule has 3 fully saturated rings. The SMILES string of the molecule is O=C1CCC(C(=O)N2CCC3(CCCCC3)CC2)CN1. The first-order valence-corrected chi connectivity index (χ1v) is 8.24. The number of rotatable bonds is 1. The standard InChI is InChI=1S/C16H26N2O2/c19-14-5-4-13(12-17-14)15(20)18-10-8-16(9-11-18)6-2-1-3-7-16/h13H,1-12H2,(H,17,19). The van der Waals surface area contributed by atoms with E-state index in [-0.39, 0.29) is 17.7 Å². The van der Waals surface area contributed by atoms with E-state index in [1.54, 1.807) is 0 Å². The highest BCUT2D eigenvalue weighted by atomic mass is 16.2. The van der Waals surface area contributed by atoms with E-state index in [0.717, 1.165) is 19.5 Å².